The average molecular weight is 270 g/mol. The van der Waals surface area contributed by atoms with Crippen molar-refractivity contribution in [3.8, 4) is 5.75 Å². The molecular formula is C13H13Cl2NO. The van der Waals surface area contributed by atoms with Gasteiger partial charge in [-0.2, -0.15) is 0 Å². The summed E-state index contributed by atoms with van der Waals surface area (Å²) in [4.78, 5) is 0. The molecule has 0 bridgehead atoms. The van der Waals surface area contributed by atoms with Gasteiger partial charge in [0, 0.05) is 22.2 Å². The number of hydrogen-bond donors (Lipinski definition) is 0. The quantitative estimate of drug-likeness (QED) is 0.805. The molecule has 2 nitrogen and oxygen atoms in total. The van der Waals surface area contributed by atoms with Gasteiger partial charge in [-0.05, 0) is 25.1 Å². The summed E-state index contributed by atoms with van der Waals surface area (Å²) in [5.41, 5.74) is 2.48. The highest BCUT2D eigenvalue weighted by Gasteiger charge is 2.06. The molecular weight excluding hydrogens is 257 g/mol. The van der Waals surface area contributed by atoms with Crippen LogP contribution in [0, 0.1) is 0 Å². The number of nitrogens with zero attached hydrogens (tertiary/aromatic N) is 1. The smallest absolute Gasteiger partial charge is 0.128 e. The fourth-order valence-electron chi connectivity index (χ4n) is 1.81. The van der Waals surface area contributed by atoms with Gasteiger partial charge in [0.25, 0.3) is 0 Å². The highest BCUT2D eigenvalue weighted by Crippen LogP contribution is 2.27. The van der Waals surface area contributed by atoms with Crippen molar-refractivity contribution < 1.29 is 4.74 Å². The van der Waals surface area contributed by atoms with Crippen LogP contribution in [0.1, 0.15) is 6.92 Å². The lowest BCUT2D eigenvalue weighted by Crippen LogP contribution is -1.96. The van der Waals surface area contributed by atoms with Crippen LogP contribution in [0.5, 0.6) is 5.75 Å². The summed E-state index contributed by atoms with van der Waals surface area (Å²) in [5, 5.41) is 1.69. The number of ether oxygens (including phenoxy) is 1. The second kappa shape index (κ2) is 5.48. The van der Waals surface area contributed by atoms with Crippen LogP contribution in [-0.2, 0) is 6.54 Å². The van der Waals surface area contributed by atoms with Gasteiger partial charge in [0.1, 0.15) is 5.75 Å². The van der Waals surface area contributed by atoms with Crippen LogP contribution in [0.25, 0.3) is 10.9 Å². The summed E-state index contributed by atoms with van der Waals surface area (Å²) in [6.45, 7) is 3.21. The van der Waals surface area contributed by atoms with Gasteiger partial charge in [0.2, 0.25) is 0 Å². The first-order valence-corrected chi connectivity index (χ1v) is 6.23. The molecule has 0 aliphatic heterocycles. The van der Waals surface area contributed by atoms with Crippen molar-refractivity contribution in [2.75, 3.05) is 6.61 Å². The lowest BCUT2D eigenvalue weighted by atomic mass is 10.2. The number of aromatic nitrogens is 1. The zero-order chi connectivity index (χ0) is 12.3. The fourth-order valence-corrected chi connectivity index (χ4v) is 2.01. The Morgan fingerprint density at radius 1 is 1.41 bits per heavy atom. The van der Waals surface area contributed by atoms with Crippen LogP contribution in [0.15, 0.2) is 41.0 Å². The van der Waals surface area contributed by atoms with E-state index in [-0.39, 0.29) is 0 Å². The van der Waals surface area contributed by atoms with Crippen LogP contribution in [0.2, 0.25) is 0 Å². The third-order valence-electron chi connectivity index (χ3n) is 2.51. The molecule has 2 rings (SSSR count). The van der Waals surface area contributed by atoms with Gasteiger partial charge < -0.3 is 9.30 Å². The zero-order valence-corrected chi connectivity index (χ0v) is 11.0. The summed E-state index contributed by atoms with van der Waals surface area (Å²) in [6.07, 6.45) is 1.98. The number of benzene rings is 1. The lowest BCUT2D eigenvalue weighted by molar-refractivity contribution is 0.344. The maximum atomic E-state index is 5.94. The number of halogens is 2. The molecule has 0 spiro atoms. The molecule has 90 valence electrons. The Bertz CT molecular complexity index is 545. The van der Waals surface area contributed by atoms with Crippen LogP contribution >= 0.6 is 23.2 Å². The summed E-state index contributed by atoms with van der Waals surface area (Å²) in [7, 11) is 0. The van der Waals surface area contributed by atoms with Gasteiger partial charge in [-0.3, -0.25) is 0 Å². The number of hydrogen-bond acceptors (Lipinski definition) is 1. The van der Waals surface area contributed by atoms with Gasteiger partial charge in [-0.15, -0.1) is 0 Å². The standard InChI is InChI=1S/C13H13Cl2NO/c1-2-17-13-5-3-4-12-11(13)6-7-16(12)9-10(15)8-14/h3-8H,2,9H2,1H3/b10-8-. The predicted octanol–water partition coefficient (Wildman–Crippen LogP) is 4.36. The second-order valence-electron chi connectivity index (χ2n) is 3.62. The van der Waals surface area contributed by atoms with Crippen molar-refractivity contribution in [2.24, 2.45) is 0 Å². The SMILES string of the molecule is CCOc1cccc2c1ccn2C/C(Cl)=C/Cl. The summed E-state index contributed by atoms with van der Waals surface area (Å²) in [5.74, 6) is 0.898. The van der Waals surface area contributed by atoms with E-state index in [0.29, 0.717) is 18.2 Å². The Balaban J connectivity index is 2.43. The van der Waals surface area contributed by atoms with E-state index in [2.05, 4.69) is 0 Å². The van der Waals surface area contributed by atoms with Crippen LogP contribution in [0.3, 0.4) is 0 Å². The van der Waals surface area contributed by atoms with Gasteiger partial charge >= 0.3 is 0 Å². The van der Waals surface area contributed by atoms with E-state index in [9.17, 15) is 0 Å². The molecule has 0 atom stereocenters. The third-order valence-corrected chi connectivity index (χ3v) is 3.12. The number of allylic oxidation sites excluding steroid dienone is 1. The first-order valence-electron chi connectivity index (χ1n) is 5.41. The molecule has 1 aromatic heterocycles. The van der Waals surface area contributed by atoms with Gasteiger partial charge in [0.05, 0.1) is 18.7 Å². The first-order chi connectivity index (χ1) is 8.26. The van der Waals surface area contributed by atoms with Crippen molar-refractivity contribution in [3.63, 3.8) is 0 Å². The van der Waals surface area contributed by atoms with E-state index in [1.54, 1.807) is 0 Å². The Kier molecular flexibility index (Phi) is 3.97. The molecule has 0 radical (unpaired) electrons. The molecule has 0 aliphatic rings. The maximum absolute atomic E-state index is 5.94. The Morgan fingerprint density at radius 2 is 2.24 bits per heavy atom. The number of fused-ring (bicyclic) bond motifs is 1. The van der Waals surface area contributed by atoms with Crippen molar-refractivity contribution >= 4 is 34.1 Å². The average Bonchev–Trinajstić information content (AvgIpc) is 2.74. The highest BCUT2D eigenvalue weighted by molar-refractivity contribution is 6.36. The molecule has 4 heteroatoms. The van der Waals surface area contributed by atoms with Gasteiger partial charge in [0.15, 0.2) is 0 Å². The van der Waals surface area contributed by atoms with E-state index in [1.165, 1.54) is 5.54 Å². The Morgan fingerprint density at radius 3 is 2.94 bits per heavy atom. The van der Waals surface area contributed by atoms with Gasteiger partial charge in [-0.25, -0.2) is 0 Å². The summed E-state index contributed by atoms with van der Waals surface area (Å²) < 4.78 is 7.62. The molecule has 0 N–H and O–H groups in total. The molecule has 0 fully saturated rings. The molecule has 1 aromatic carbocycles. The second-order valence-corrected chi connectivity index (χ2v) is 4.33. The minimum absolute atomic E-state index is 0.574. The highest BCUT2D eigenvalue weighted by atomic mass is 35.5. The normalized spacial score (nSPS) is 12.1. The van der Waals surface area contributed by atoms with E-state index in [1.807, 2.05) is 42.0 Å². The largest absolute Gasteiger partial charge is 0.493 e. The van der Waals surface area contributed by atoms with E-state index < -0.39 is 0 Å². The molecule has 0 unspecified atom stereocenters. The van der Waals surface area contributed by atoms with E-state index in [4.69, 9.17) is 27.9 Å². The molecule has 0 saturated heterocycles. The predicted molar refractivity (Wildman–Crippen MR) is 72.9 cm³/mol. The van der Waals surface area contributed by atoms with Crippen LogP contribution in [-0.4, -0.2) is 11.2 Å². The number of rotatable bonds is 4. The minimum atomic E-state index is 0.574. The van der Waals surface area contributed by atoms with Crippen molar-refractivity contribution in [1.82, 2.24) is 4.57 Å². The third kappa shape index (κ3) is 2.59. The topological polar surface area (TPSA) is 14.2 Å². The van der Waals surface area contributed by atoms with Crippen molar-refractivity contribution in [1.29, 1.82) is 0 Å². The molecule has 1 heterocycles. The molecule has 2 aromatic rings. The monoisotopic (exact) mass is 269 g/mol. The molecule has 0 amide bonds. The Hall–Kier alpha value is -1.12. The van der Waals surface area contributed by atoms with E-state index >= 15 is 0 Å². The minimum Gasteiger partial charge on any atom is -0.493 e. The maximum Gasteiger partial charge on any atom is 0.128 e. The summed E-state index contributed by atoms with van der Waals surface area (Å²) >= 11 is 11.5. The zero-order valence-electron chi connectivity index (χ0n) is 9.49. The van der Waals surface area contributed by atoms with Crippen LogP contribution in [0.4, 0.5) is 0 Å². The van der Waals surface area contributed by atoms with Gasteiger partial charge in [-0.1, -0.05) is 29.3 Å². The summed E-state index contributed by atoms with van der Waals surface area (Å²) in [6, 6.07) is 8.01. The molecule has 0 saturated carbocycles. The lowest BCUT2D eigenvalue weighted by Gasteiger charge is -2.07. The van der Waals surface area contributed by atoms with Crippen LogP contribution < -0.4 is 4.74 Å². The van der Waals surface area contributed by atoms with Crippen molar-refractivity contribution in [2.45, 2.75) is 13.5 Å². The molecule has 0 aliphatic carbocycles. The van der Waals surface area contributed by atoms with Crippen molar-refractivity contribution in [3.05, 3.63) is 41.0 Å². The van der Waals surface area contributed by atoms with E-state index in [0.717, 1.165) is 16.7 Å². The Labute approximate surface area is 110 Å². The first kappa shape index (κ1) is 12.3. The fraction of sp³-hybridized carbons (Fsp3) is 0.231. The molecule has 17 heavy (non-hydrogen) atoms.